The molecule has 0 N–H and O–H groups in total. The summed E-state index contributed by atoms with van der Waals surface area (Å²) in [6.07, 6.45) is 9.16. The quantitative estimate of drug-likeness (QED) is 0.107. The minimum absolute atomic E-state index is 0. The van der Waals surface area contributed by atoms with Crippen molar-refractivity contribution in [3.05, 3.63) is 258 Å². The second-order valence-corrected chi connectivity index (χ2v) is 19.2. The second-order valence-electron chi connectivity index (χ2n) is 19.2. The van der Waals surface area contributed by atoms with E-state index in [9.17, 15) is 10.5 Å². The molecular formula is C67H50IrN5. The van der Waals surface area contributed by atoms with E-state index in [1.165, 1.54) is 22.3 Å². The van der Waals surface area contributed by atoms with E-state index in [2.05, 4.69) is 179 Å². The normalized spacial score (nSPS) is 11.0. The number of hydrogen-bond donors (Lipinski definition) is 0. The summed E-state index contributed by atoms with van der Waals surface area (Å²) in [5.74, 6) is 0. The minimum Gasteiger partial charge on any atom is -0.304 e. The molecule has 0 atom stereocenters. The predicted octanol–water partition coefficient (Wildman–Crippen LogP) is 15.5. The molecule has 0 fully saturated rings. The van der Waals surface area contributed by atoms with E-state index in [4.69, 9.17) is 15.0 Å². The van der Waals surface area contributed by atoms with E-state index in [0.29, 0.717) is 11.1 Å². The van der Waals surface area contributed by atoms with Crippen LogP contribution in [-0.2, 0) is 51.2 Å². The number of pyridine rings is 3. The van der Waals surface area contributed by atoms with Crippen LogP contribution in [0, 0.1) is 40.9 Å². The second kappa shape index (κ2) is 22.4. The van der Waals surface area contributed by atoms with Crippen molar-refractivity contribution >= 4 is 0 Å². The monoisotopic (exact) mass is 1120 g/mol. The number of benzene rings is 7. The summed E-state index contributed by atoms with van der Waals surface area (Å²) in [4.78, 5) is 14.8. The molecular weight excluding hydrogens is 1070 g/mol. The van der Waals surface area contributed by atoms with Crippen LogP contribution in [0.3, 0.4) is 0 Å². The molecule has 10 rings (SSSR count). The third kappa shape index (κ3) is 11.7. The van der Waals surface area contributed by atoms with Crippen LogP contribution >= 0.6 is 0 Å². The molecule has 0 unspecified atom stereocenters. The van der Waals surface area contributed by atoms with Gasteiger partial charge in [0.2, 0.25) is 0 Å². The van der Waals surface area contributed by atoms with E-state index < -0.39 is 0 Å². The van der Waals surface area contributed by atoms with Gasteiger partial charge in [-0.2, -0.15) is 10.5 Å². The third-order valence-electron chi connectivity index (χ3n) is 13.2. The average molecular weight is 1120 g/mol. The Morgan fingerprint density at radius 1 is 0.397 bits per heavy atom. The average Bonchev–Trinajstić information content (AvgIpc) is 3.44. The molecule has 352 valence electrons. The fraction of sp³-hybridized carbons (Fsp3) is 0.119. The number of nitriles is 2. The molecule has 0 aliphatic rings. The summed E-state index contributed by atoms with van der Waals surface area (Å²) in [6.45, 7) is 6.71. The van der Waals surface area contributed by atoms with E-state index in [1.807, 2.05) is 48.9 Å². The first kappa shape index (κ1) is 49.6. The molecule has 0 aliphatic heterocycles. The largest absolute Gasteiger partial charge is 3.00 e. The summed E-state index contributed by atoms with van der Waals surface area (Å²) < 4.78 is 0. The standard InChI is InChI=1S/C67H50N5.Ir/c1-67(2,3)59-19-11-18-57(39-59)66-40-62(54-30-28-53(29-31-54)52-14-5-4-6-15-52)63(45-72-66)61-21-8-7-20-60(61)58-35-48(24-22-46-26-32-64(70-43-46)55-16-9-12-50(37-55)41-68)34-49(36-58)25-23-47-27-33-65(71-44-47)56-17-10-13-51(38-56)42-69;/h4-15,19-21,26-40,43-45H,22-25H2,1-3H3;/q-3;+3. The molecule has 73 heavy (non-hydrogen) atoms. The number of nitrogens with zero attached hydrogens (tertiary/aromatic N) is 5. The van der Waals surface area contributed by atoms with Gasteiger partial charge in [-0.25, -0.2) is 0 Å². The van der Waals surface area contributed by atoms with Crippen LogP contribution < -0.4 is 0 Å². The zero-order chi connectivity index (χ0) is 49.4. The molecule has 0 spiro atoms. The Morgan fingerprint density at radius 2 is 0.890 bits per heavy atom. The van der Waals surface area contributed by atoms with Gasteiger partial charge in [-0.15, -0.1) is 95.1 Å². The van der Waals surface area contributed by atoms with Gasteiger partial charge in [0, 0.05) is 24.2 Å². The van der Waals surface area contributed by atoms with Gasteiger partial charge < -0.3 is 15.0 Å². The first-order valence-electron chi connectivity index (χ1n) is 24.3. The van der Waals surface area contributed by atoms with Gasteiger partial charge in [-0.1, -0.05) is 148 Å². The summed E-state index contributed by atoms with van der Waals surface area (Å²) >= 11 is 0. The van der Waals surface area contributed by atoms with Crippen LogP contribution in [0.1, 0.15) is 59.7 Å². The molecule has 10 aromatic rings. The smallest absolute Gasteiger partial charge is 0.304 e. The molecule has 0 amide bonds. The summed E-state index contributed by atoms with van der Waals surface area (Å²) in [5, 5.41) is 18.9. The Balaban J connectivity index is 0.00000656. The SMILES string of the molecule is CC(C)(C)c1cc[c-]c(-c2cc(-c3ccc(-c4ccccc4)cc3)c(-c3ccccc3-c3cc(CCc4ccc(-c5[c-]ccc(C#N)c5)nc4)cc(CCc4ccc(-c5[c-]ccc(C#N)c5)nc4)c3)cn2)c1.[Ir+3]. The summed E-state index contributed by atoms with van der Waals surface area (Å²) in [7, 11) is 0. The van der Waals surface area contributed by atoms with Crippen LogP contribution in [0.2, 0.25) is 0 Å². The zero-order valence-electron chi connectivity index (χ0n) is 41.0. The zero-order valence-corrected chi connectivity index (χ0v) is 43.3. The van der Waals surface area contributed by atoms with Gasteiger partial charge >= 0.3 is 20.1 Å². The van der Waals surface area contributed by atoms with E-state index in [1.54, 1.807) is 24.3 Å². The molecule has 0 radical (unpaired) electrons. The van der Waals surface area contributed by atoms with Crippen molar-refractivity contribution in [2.75, 3.05) is 0 Å². The fourth-order valence-electron chi connectivity index (χ4n) is 9.19. The summed E-state index contributed by atoms with van der Waals surface area (Å²) in [6, 6.07) is 77.1. The maximum atomic E-state index is 9.45. The Bertz CT molecular complexity index is 3500. The van der Waals surface area contributed by atoms with E-state index >= 15 is 0 Å². The maximum Gasteiger partial charge on any atom is 3.00 e. The molecule has 0 aliphatic carbocycles. The van der Waals surface area contributed by atoms with Gasteiger partial charge in [0.25, 0.3) is 0 Å². The maximum absolute atomic E-state index is 9.45. The first-order valence-corrected chi connectivity index (χ1v) is 24.3. The van der Waals surface area contributed by atoms with Gasteiger partial charge in [-0.05, 0) is 121 Å². The molecule has 0 bridgehead atoms. The van der Waals surface area contributed by atoms with Crippen molar-refractivity contribution in [2.45, 2.75) is 51.9 Å². The Kier molecular flexibility index (Phi) is 15.2. The minimum atomic E-state index is -0.0221. The van der Waals surface area contributed by atoms with Crippen molar-refractivity contribution in [3.8, 4) is 90.4 Å². The molecule has 0 saturated carbocycles. The number of rotatable bonds is 13. The van der Waals surface area contributed by atoms with E-state index in [0.717, 1.165) is 110 Å². The molecule has 7 aromatic carbocycles. The number of aromatic nitrogens is 3. The van der Waals surface area contributed by atoms with Gasteiger partial charge in [0.1, 0.15) is 0 Å². The molecule has 0 saturated heterocycles. The Labute approximate surface area is 443 Å². The van der Waals surface area contributed by atoms with Crippen LogP contribution in [0.25, 0.3) is 78.3 Å². The van der Waals surface area contributed by atoms with Crippen molar-refractivity contribution < 1.29 is 20.1 Å². The van der Waals surface area contributed by atoms with Crippen LogP contribution in [0.4, 0.5) is 0 Å². The van der Waals surface area contributed by atoms with Gasteiger partial charge in [-0.3, -0.25) is 0 Å². The molecule has 3 aromatic heterocycles. The number of aryl methyl sites for hydroxylation is 4. The topological polar surface area (TPSA) is 86.2 Å². The van der Waals surface area contributed by atoms with Crippen LogP contribution in [-0.4, -0.2) is 15.0 Å². The van der Waals surface area contributed by atoms with Crippen molar-refractivity contribution in [2.24, 2.45) is 0 Å². The van der Waals surface area contributed by atoms with Crippen molar-refractivity contribution in [1.82, 2.24) is 15.0 Å². The molecule has 6 heteroatoms. The Hall–Kier alpha value is -8.38. The fourth-order valence-corrected chi connectivity index (χ4v) is 9.19. The van der Waals surface area contributed by atoms with E-state index in [-0.39, 0.29) is 25.5 Å². The van der Waals surface area contributed by atoms with Gasteiger partial charge in [0.05, 0.1) is 12.1 Å². The van der Waals surface area contributed by atoms with Crippen molar-refractivity contribution in [1.29, 1.82) is 10.5 Å². The predicted molar refractivity (Wildman–Crippen MR) is 290 cm³/mol. The molecule has 5 nitrogen and oxygen atoms in total. The molecule has 3 heterocycles. The van der Waals surface area contributed by atoms with Crippen LogP contribution in [0.5, 0.6) is 0 Å². The first-order chi connectivity index (χ1) is 35.2. The van der Waals surface area contributed by atoms with Crippen molar-refractivity contribution in [3.63, 3.8) is 0 Å². The Morgan fingerprint density at radius 3 is 1.44 bits per heavy atom. The van der Waals surface area contributed by atoms with Gasteiger partial charge in [0.15, 0.2) is 0 Å². The van der Waals surface area contributed by atoms with Crippen LogP contribution in [0.15, 0.2) is 201 Å². The number of hydrogen-bond acceptors (Lipinski definition) is 5. The third-order valence-corrected chi connectivity index (χ3v) is 13.2. The summed E-state index contributed by atoms with van der Waals surface area (Å²) in [5.41, 5.74) is 21.1.